The van der Waals surface area contributed by atoms with Crippen molar-refractivity contribution in [3.63, 3.8) is 0 Å². The van der Waals surface area contributed by atoms with E-state index >= 15 is 0 Å². The van der Waals surface area contributed by atoms with Crippen molar-refractivity contribution in [2.24, 2.45) is 0 Å². The molecule has 0 aromatic heterocycles. The SMILES string of the molecule is [Ag].[AlH3].[Au].[Be+2].[Cd].[Co].[Cu].[H-].[H-].[H-].[H-].[H-].[H-].[K+].[Mg+2].[Mo].[Na+].[Ni].[PbH2].[SnH2].[Ti].[Zn]. The zero-order chi connectivity index (χ0) is 0. The van der Waals surface area contributed by atoms with Gasteiger partial charge in [0.25, 0.3) is 0 Å². The molecular formula is H13AgAlAuBeCdCoCuKMgMoNaNiPbSnTiZn. The number of hydrogen-bond donors (Lipinski definition) is 0. The van der Waals surface area contributed by atoms with Gasteiger partial charge in [0.15, 0.2) is 17.4 Å². The first-order valence-electron chi connectivity index (χ1n) is 0. The summed E-state index contributed by atoms with van der Waals surface area (Å²) in [6.07, 6.45) is 0. The Morgan fingerprint density at radius 3 is 1.06 bits per heavy atom. The summed E-state index contributed by atoms with van der Waals surface area (Å²) in [7, 11) is 0. The van der Waals surface area contributed by atoms with Crippen molar-refractivity contribution in [1.82, 2.24) is 0 Å². The molecule has 0 fully saturated rings. The largest absolute Gasteiger partial charge is 0 e. The van der Waals surface area contributed by atoms with Crippen LogP contribution >= 0.6 is 0 Å². The summed E-state index contributed by atoms with van der Waals surface area (Å²) >= 11 is 0. The smallest absolute Gasteiger partial charge is 0 e. The zero-order valence-corrected chi connectivity index (χ0v) is 42.0. The molecule has 0 saturated carbocycles. The maximum absolute atomic E-state index is 0. The number of rotatable bonds is 0. The normalized spacial score (nSPS) is 0. The van der Waals surface area contributed by atoms with Crippen molar-refractivity contribution in [2.45, 2.75) is 0 Å². The summed E-state index contributed by atoms with van der Waals surface area (Å²) in [5.74, 6) is 0. The van der Waals surface area contributed by atoms with Crippen molar-refractivity contribution in [2.75, 3.05) is 0 Å². The molecule has 0 amide bonds. The molecule has 0 spiro atoms. The molecule has 0 rings (SSSR count). The third-order valence-electron chi connectivity index (χ3n) is 0. The summed E-state index contributed by atoms with van der Waals surface area (Å²) in [4.78, 5) is 0. The van der Waals surface area contributed by atoms with E-state index < -0.39 is 0 Å². The average Bonchev–Trinajstić information content (AvgIpc) is 0. The Balaban J connectivity index is 0. The molecule has 0 unspecified atom stereocenters. The molecule has 0 N–H and O–H groups in total. The van der Waals surface area contributed by atoms with Crippen molar-refractivity contribution in [1.29, 1.82) is 0 Å². The third kappa shape index (κ3) is 114. The first-order chi connectivity index (χ1) is 0. The Labute approximate surface area is 365 Å². The zero-order valence-electron chi connectivity index (χ0n) is 14.7. The van der Waals surface area contributed by atoms with Gasteiger partial charge in [-0.1, -0.05) is 0 Å². The van der Waals surface area contributed by atoms with Gasteiger partial charge in [-0.2, -0.15) is 0 Å². The van der Waals surface area contributed by atoms with Gasteiger partial charge in [0.05, 0.1) is 0 Å². The third-order valence-corrected chi connectivity index (χ3v) is 0. The molecule has 0 atom stereocenters. The Kier molecular flexibility index (Phi) is 1150. The van der Waals surface area contributed by atoms with Crippen LogP contribution in [-0.2, 0) is 185 Å². The minimum absolute atomic E-state index is 0. The van der Waals surface area contributed by atoms with Crippen LogP contribution in [0.3, 0.4) is 0 Å². The Morgan fingerprint density at radius 1 is 1.06 bits per heavy atom. The molecule has 0 aliphatic heterocycles. The molecule has 16 heavy (non-hydrogen) atoms. The van der Waals surface area contributed by atoms with Crippen LogP contribution in [0.1, 0.15) is 8.56 Å². The van der Waals surface area contributed by atoms with E-state index in [0.717, 1.165) is 0 Å². The second kappa shape index (κ2) is 128. The Hall–Kier alpha value is 11.8. The predicted molar refractivity (Wildman–Crippen MR) is 45.2 cm³/mol. The Bertz CT molecular complexity index is 82.6. The van der Waals surface area contributed by atoms with Gasteiger partial charge >= 0.3 is 165 Å². The van der Waals surface area contributed by atoms with E-state index in [1.54, 1.807) is 0 Å². The van der Waals surface area contributed by atoms with E-state index in [9.17, 15) is 0 Å². The maximum atomic E-state index is 0. The summed E-state index contributed by atoms with van der Waals surface area (Å²) in [5.41, 5.74) is 0. The van der Waals surface area contributed by atoms with Crippen LogP contribution in [0.15, 0.2) is 0 Å². The maximum Gasteiger partial charge on any atom is 0 e. The predicted octanol–water partition coefficient (Wildman–Crippen LogP) is -9.12. The molecule has 0 aromatic rings. The van der Waals surface area contributed by atoms with Crippen LogP contribution in [0.4, 0.5) is 0 Å². The first-order valence-corrected chi connectivity index (χ1v) is 0. The first kappa shape index (κ1) is 144. The van der Waals surface area contributed by atoms with E-state index in [1.807, 2.05) is 0 Å². The molecule has 0 heterocycles. The molecule has 0 nitrogen and oxygen atoms in total. The fraction of sp³-hybridized carbons (Fsp3) is 0. The molecule has 96 valence electrons. The van der Waals surface area contributed by atoms with Crippen molar-refractivity contribution < 1.29 is 274 Å². The second-order valence-electron chi connectivity index (χ2n) is 0. The van der Waals surface area contributed by atoms with E-state index in [4.69, 9.17) is 0 Å². The Morgan fingerprint density at radius 2 is 1.06 bits per heavy atom. The molecule has 0 saturated heterocycles. The monoisotopic (exact) mass is 1270 g/mol. The van der Waals surface area contributed by atoms with Gasteiger partial charge in [0.2, 0.25) is 0 Å². The minimum Gasteiger partial charge on any atom is 0 e. The van der Waals surface area contributed by atoms with Gasteiger partial charge in [0.1, 0.15) is 0 Å². The number of hydrogen-bond acceptors (Lipinski definition) is 0. The molecule has 0 aromatic carbocycles. The van der Waals surface area contributed by atoms with Crippen molar-refractivity contribution >= 4 is 102 Å². The van der Waals surface area contributed by atoms with Crippen LogP contribution in [0.25, 0.3) is 0 Å². The molecule has 8 radical (unpaired) electrons. The van der Waals surface area contributed by atoms with Gasteiger partial charge in [-0.05, 0) is 0 Å². The van der Waals surface area contributed by atoms with Crippen LogP contribution < -0.4 is 80.9 Å². The van der Waals surface area contributed by atoms with E-state index in [0.29, 0.717) is 0 Å². The molecule has 16 heteroatoms. The van der Waals surface area contributed by atoms with Crippen LogP contribution in [0, 0.1) is 0 Å². The van der Waals surface area contributed by atoms with E-state index in [1.165, 1.54) is 0 Å². The van der Waals surface area contributed by atoms with Crippen molar-refractivity contribution in [3.05, 3.63) is 0 Å². The second-order valence-corrected chi connectivity index (χ2v) is 0. The fourth-order valence-electron chi connectivity index (χ4n) is 0. The summed E-state index contributed by atoms with van der Waals surface area (Å²) in [6.45, 7) is 0. The van der Waals surface area contributed by atoms with Gasteiger partial charge in [-0.15, -0.1) is 0 Å². The topological polar surface area (TPSA) is 0 Å². The van der Waals surface area contributed by atoms with Crippen LogP contribution in [0.2, 0.25) is 0 Å². The standard InChI is InChI=1S/Ag.Al.Au.Be.Cd.Co.Cu.K.Mg.Mo.Na.Ni.Pb.Sn.Ti.Zn.13H/q;;;+2;;;;+1;+2;;+1;;;;;;;;;;;;;6*-1. The average molecular weight is 1270 g/mol. The summed E-state index contributed by atoms with van der Waals surface area (Å²) in [6, 6.07) is 0. The van der Waals surface area contributed by atoms with Crippen LogP contribution in [0.5, 0.6) is 0 Å². The van der Waals surface area contributed by atoms with Gasteiger partial charge in [0, 0.05) is 185 Å². The van der Waals surface area contributed by atoms with Gasteiger partial charge in [-0.25, -0.2) is 0 Å². The molecular weight excluding hydrogens is 1260 g/mol. The molecule has 0 aliphatic carbocycles. The van der Waals surface area contributed by atoms with Gasteiger partial charge < -0.3 is 8.56 Å². The van der Waals surface area contributed by atoms with Crippen molar-refractivity contribution in [3.8, 4) is 0 Å². The molecule has 0 bridgehead atoms. The van der Waals surface area contributed by atoms with E-state index in [2.05, 4.69) is 0 Å². The summed E-state index contributed by atoms with van der Waals surface area (Å²) in [5, 5.41) is 0. The minimum atomic E-state index is 0. The van der Waals surface area contributed by atoms with Gasteiger partial charge in [-0.3, -0.25) is 0 Å². The quantitative estimate of drug-likeness (QED) is 0.212. The van der Waals surface area contributed by atoms with Crippen LogP contribution in [-0.4, -0.2) is 102 Å². The molecule has 0 aliphatic rings. The summed E-state index contributed by atoms with van der Waals surface area (Å²) < 4.78 is 0. The van der Waals surface area contributed by atoms with E-state index in [-0.39, 0.29) is 376 Å². The fourth-order valence-corrected chi connectivity index (χ4v) is 0.